The fourth-order valence-electron chi connectivity index (χ4n) is 3.50. The van der Waals surface area contributed by atoms with Crippen molar-refractivity contribution in [2.24, 2.45) is 5.92 Å². The number of amides is 1. The summed E-state index contributed by atoms with van der Waals surface area (Å²) in [5, 5.41) is 6.87. The van der Waals surface area contributed by atoms with Crippen molar-refractivity contribution in [1.82, 2.24) is 25.3 Å². The largest absolute Gasteiger partial charge is 0.352 e. The lowest BCUT2D eigenvalue weighted by molar-refractivity contribution is -0.127. The number of hydrogen-bond acceptors (Lipinski definition) is 6. The molecule has 1 aliphatic rings. The van der Waals surface area contributed by atoms with Crippen LogP contribution in [0.2, 0.25) is 0 Å². The Balaban J connectivity index is 1.32. The number of hydrogen-bond donors (Lipinski definition) is 1. The zero-order chi connectivity index (χ0) is 20.1. The summed E-state index contributed by atoms with van der Waals surface area (Å²) in [6.07, 6.45) is 5.09. The molecule has 8 heteroatoms. The molecule has 7 nitrogen and oxygen atoms in total. The first kappa shape index (κ1) is 19.2. The van der Waals surface area contributed by atoms with Gasteiger partial charge in [0.05, 0.1) is 12.5 Å². The third kappa shape index (κ3) is 4.83. The van der Waals surface area contributed by atoms with Crippen molar-refractivity contribution in [3.63, 3.8) is 0 Å². The average molecular weight is 395 g/mol. The van der Waals surface area contributed by atoms with Crippen molar-refractivity contribution in [3.8, 4) is 11.4 Å². The van der Waals surface area contributed by atoms with E-state index in [2.05, 4.69) is 25.3 Å². The molecule has 1 atom stereocenters. The van der Waals surface area contributed by atoms with E-state index in [1.165, 1.54) is 6.07 Å². The summed E-state index contributed by atoms with van der Waals surface area (Å²) in [5.41, 5.74) is 1.29. The molecule has 4 rings (SSSR count). The summed E-state index contributed by atoms with van der Waals surface area (Å²) in [6.45, 7) is 2.15. The third-order valence-electron chi connectivity index (χ3n) is 5.03. The van der Waals surface area contributed by atoms with Crippen LogP contribution in [0.25, 0.3) is 11.4 Å². The monoisotopic (exact) mass is 395 g/mol. The standard InChI is InChI=1S/C21H22FN5O2/c22-18-8-2-1-5-15(18)12-24-21(28)17-7-4-10-27(13-17)14-19-25-20(26-29-19)16-6-3-9-23-11-16/h1-3,5-6,8-9,11,17H,4,7,10,12-14H2,(H,24,28)/t17-/m0/s1. The predicted octanol–water partition coefficient (Wildman–Crippen LogP) is 2.80. The second-order valence-corrected chi connectivity index (χ2v) is 7.14. The smallest absolute Gasteiger partial charge is 0.241 e. The molecule has 3 aromatic rings. The number of carbonyl (C=O) groups is 1. The molecule has 2 aromatic heterocycles. The summed E-state index contributed by atoms with van der Waals surface area (Å²) in [4.78, 5) is 23.2. The summed E-state index contributed by atoms with van der Waals surface area (Å²) < 4.78 is 19.1. The van der Waals surface area contributed by atoms with Crippen molar-refractivity contribution < 1.29 is 13.7 Å². The first-order valence-corrected chi connectivity index (χ1v) is 9.65. The van der Waals surface area contributed by atoms with Crippen LogP contribution in [0.3, 0.4) is 0 Å². The van der Waals surface area contributed by atoms with E-state index in [0.717, 1.165) is 24.9 Å². The number of nitrogens with one attached hydrogen (secondary N) is 1. The average Bonchev–Trinajstić information content (AvgIpc) is 3.22. The maximum Gasteiger partial charge on any atom is 0.241 e. The molecule has 1 saturated heterocycles. The lowest BCUT2D eigenvalue weighted by Gasteiger charge is -2.30. The molecule has 0 spiro atoms. The molecule has 0 radical (unpaired) electrons. The molecular weight excluding hydrogens is 373 g/mol. The van der Waals surface area contributed by atoms with Crippen LogP contribution in [0.15, 0.2) is 53.3 Å². The molecule has 1 N–H and O–H groups in total. The zero-order valence-electron chi connectivity index (χ0n) is 15.9. The fourth-order valence-corrected chi connectivity index (χ4v) is 3.50. The minimum Gasteiger partial charge on any atom is -0.352 e. The van der Waals surface area contributed by atoms with E-state index >= 15 is 0 Å². The normalized spacial score (nSPS) is 17.2. The van der Waals surface area contributed by atoms with Gasteiger partial charge in [-0.15, -0.1) is 0 Å². The molecule has 1 aromatic carbocycles. The highest BCUT2D eigenvalue weighted by Crippen LogP contribution is 2.20. The van der Waals surface area contributed by atoms with Crippen LogP contribution in [0, 0.1) is 11.7 Å². The number of benzene rings is 1. The molecule has 0 bridgehead atoms. The van der Waals surface area contributed by atoms with Crippen molar-refractivity contribution in [2.45, 2.75) is 25.9 Å². The summed E-state index contributed by atoms with van der Waals surface area (Å²) >= 11 is 0. The first-order chi connectivity index (χ1) is 14.2. The number of halogens is 1. The van der Waals surface area contributed by atoms with Gasteiger partial charge in [-0.3, -0.25) is 14.7 Å². The number of rotatable bonds is 6. The van der Waals surface area contributed by atoms with Crippen molar-refractivity contribution in [2.75, 3.05) is 13.1 Å². The minimum absolute atomic E-state index is 0.0560. The number of carbonyl (C=O) groups excluding carboxylic acids is 1. The van der Waals surface area contributed by atoms with E-state index in [9.17, 15) is 9.18 Å². The molecule has 150 valence electrons. The van der Waals surface area contributed by atoms with Crippen molar-refractivity contribution >= 4 is 5.91 Å². The Kier molecular flexibility index (Phi) is 5.90. The number of piperidine rings is 1. The molecule has 0 saturated carbocycles. The van der Waals surface area contributed by atoms with E-state index in [0.29, 0.717) is 30.4 Å². The Bertz CT molecular complexity index is 962. The van der Waals surface area contributed by atoms with Gasteiger partial charge in [-0.2, -0.15) is 4.98 Å². The lowest BCUT2D eigenvalue weighted by Crippen LogP contribution is -2.42. The van der Waals surface area contributed by atoms with Gasteiger partial charge in [-0.1, -0.05) is 23.4 Å². The molecule has 3 heterocycles. The predicted molar refractivity (Wildman–Crippen MR) is 104 cm³/mol. The van der Waals surface area contributed by atoms with Gasteiger partial charge in [-0.25, -0.2) is 4.39 Å². The van der Waals surface area contributed by atoms with Gasteiger partial charge in [0.25, 0.3) is 0 Å². The second kappa shape index (κ2) is 8.91. The van der Waals surface area contributed by atoms with Gasteiger partial charge in [0.15, 0.2) is 0 Å². The highest BCUT2D eigenvalue weighted by atomic mass is 19.1. The quantitative estimate of drug-likeness (QED) is 0.691. The van der Waals surface area contributed by atoms with Crippen molar-refractivity contribution in [1.29, 1.82) is 0 Å². The maximum atomic E-state index is 13.7. The van der Waals surface area contributed by atoms with E-state index in [1.54, 1.807) is 30.6 Å². The molecule has 29 heavy (non-hydrogen) atoms. The number of nitrogens with zero attached hydrogens (tertiary/aromatic N) is 4. The Labute approximate surface area is 168 Å². The van der Waals surface area contributed by atoms with Crippen LogP contribution in [0.5, 0.6) is 0 Å². The van der Waals surface area contributed by atoms with Gasteiger partial charge in [0.1, 0.15) is 5.82 Å². The zero-order valence-corrected chi connectivity index (χ0v) is 15.9. The van der Waals surface area contributed by atoms with Crippen LogP contribution < -0.4 is 5.32 Å². The highest BCUT2D eigenvalue weighted by molar-refractivity contribution is 5.79. The Hall–Kier alpha value is -3.13. The first-order valence-electron chi connectivity index (χ1n) is 9.65. The second-order valence-electron chi connectivity index (χ2n) is 7.14. The lowest BCUT2D eigenvalue weighted by atomic mass is 9.97. The summed E-state index contributed by atoms with van der Waals surface area (Å²) in [6, 6.07) is 10.2. The van der Waals surface area contributed by atoms with E-state index in [4.69, 9.17) is 4.52 Å². The van der Waals surface area contributed by atoms with Crippen LogP contribution >= 0.6 is 0 Å². The van der Waals surface area contributed by atoms with Gasteiger partial charge in [0, 0.05) is 36.6 Å². The fraction of sp³-hybridized carbons (Fsp3) is 0.333. The Morgan fingerprint density at radius 2 is 2.17 bits per heavy atom. The molecule has 1 amide bonds. The van der Waals surface area contributed by atoms with E-state index < -0.39 is 0 Å². The number of pyridine rings is 1. The van der Waals surface area contributed by atoms with Gasteiger partial charge in [-0.05, 0) is 37.6 Å². The molecule has 0 unspecified atom stereocenters. The van der Waals surface area contributed by atoms with E-state index in [-0.39, 0.29) is 24.2 Å². The van der Waals surface area contributed by atoms with Crippen LogP contribution in [-0.4, -0.2) is 39.0 Å². The third-order valence-corrected chi connectivity index (χ3v) is 5.03. The molecule has 1 aliphatic heterocycles. The Morgan fingerprint density at radius 3 is 3.00 bits per heavy atom. The number of aromatic nitrogens is 3. The molecule has 0 aliphatic carbocycles. The minimum atomic E-state index is -0.307. The van der Waals surface area contributed by atoms with E-state index in [1.807, 2.05) is 12.1 Å². The number of likely N-dealkylation sites (tertiary alicyclic amines) is 1. The van der Waals surface area contributed by atoms with Crippen LogP contribution in [0.1, 0.15) is 24.3 Å². The summed E-state index contributed by atoms with van der Waals surface area (Å²) in [5.74, 6) is 0.509. The Morgan fingerprint density at radius 1 is 1.28 bits per heavy atom. The van der Waals surface area contributed by atoms with Gasteiger partial charge >= 0.3 is 0 Å². The molecule has 1 fully saturated rings. The van der Waals surface area contributed by atoms with Crippen molar-refractivity contribution in [3.05, 3.63) is 66.1 Å². The highest BCUT2D eigenvalue weighted by Gasteiger charge is 2.27. The summed E-state index contributed by atoms with van der Waals surface area (Å²) in [7, 11) is 0. The van der Waals surface area contributed by atoms with Gasteiger partial charge < -0.3 is 9.84 Å². The topological polar surface area (TPSA) is 84.2 Å². The molecular formula is C21H22FN5O2. The maximum absolute atomic E-state index is 13.7. The van der Waals surface area contributed by atoms with Gasteiger partial charge in [0.2, 0.25) is 17.6 Å². The van der Waals surface area contributed by atoms with Crippen LogP contribution in [-0.2, 0) is 17.9 Å². The SMILES string of the molecule is O=C(NCc1ccccc1F)[C@H]1CCCN(Cc2nc(-c3cccnc3)no2)C1. The van der Waals surface area contributed by atoms with Crippen LogP contribution in [0.4, 0.5) is 4.39 Å².